The van der Waals surface area contributed by atoms with Gasteiger partial charge in [0, 0.05) is 5.41 Å². The van der Waals surface area contributed by atoms with E-state index in [2.05, 4.69) is 5.32 Å². The summed E-state index contributed by atoms with van der Waals surface area (Å²) in [5.41, 5.74) is -1.69. The molecule has 0 atom stereocenters. The van der Waals surface area contributed by atoms with Gasteiger partial charge in [-0.3, -0.25) is 9.59 Å². The number of aliphatic hydroxyl groups is 1. The molecule has 1 fully saturated rings. The lowest BCUT2D eigenvalue weighted by Gasteiger charge is -2.22. The summed E-state index contributed by atoms with van der Waals surface area (Å²) in [7, 11) is 0. The maximum atomic E-state index is 11.7. The first-order chi connectivity index (χ1) is 7.26. The Bertz CT molecular complexity index is 285. The first kappa shape index (κ1) is 13.2. The van der Waals surface area contributed by atoms with E-state index in [9.17, 15) is 14.7 Å². The summed E-state index contributed by atoms with van der Waals surface area (Å²) in [6, 6.07) is 0. The second kappa shape index (κ2) is 4.53. The van der Waals surface area contributed by atoms with Crippen LogP contribution in [0.5, 0.6) is 0 Å². The molecule has 4 heteroatoms. The summed E-state index contributed by atoms with van der Waals surface area (Å²) in [6.07, 6.45) is 2.75. The van der Waals surface area contributed by atoms with E-state index in [0.717, 1.165) is 12.8 Å². The third kappa shape index (κ3) is 3.04. The molecule has 0 heterocycles. The molecule has 0 saturated heterocycles. The van der Waals surface area contributed by atoms with Crippen molar-refractivity contribution in [2.24, 2.45) is 5.41 Å². The van der Waals surface area contributed by atoms with Gasteiger partial charge in [-0.2, -0.15) is 0 Å². The lowest BCUT2D eigenvalue weighted by Crippen LogP contribution is -2.47. The number of rotatable bonds is 3. The fourth-order valence-corrected chi connectivity index (χ4v) is 1.78. The Hall–Kier alpha value is -0.900. The molecule has 0 aromatic carbocycles. The molecule has 0 aromatic heterocycles. The van der Waals surface area contributed by atoms with Crippen molar-refractivity contribution < 1.29 is 14.7 Å². The average Bonchev–Trinajstić information content (AvgIpc) is 2.60. The fourth-order valence-electron chi connectivity index (χ4n) is 1.78. The van der Waals surface area contributed by atoms with Gasteiger partial charge in [0.25, 0.3) is 5.91 Å². The zero-order chi connectivity index (χ0) is 12.4. The number of hydrogen-bond acceptors (Lipinski definition) is 3. The van der Waals surface area contributed by atoms with E-state index in [-0.39, 0.29) is 12.3 Å². The van der Waals surface area contributed by atoms with Gasteiger partial charge < -0.3 is 10.4 Å². The van der Waals surface area contributed by atoms with Crippen LogP contribution in [-0.4, -0.2) is 28.9 Å². The second-order valence-electron chi connectivity index (χ2n) is 5.59. The molecule has 4 nitrogen and oxygen atoms in total. The molecule has 0 spiro atoms. The molecule has 1 amide bonds. The summed E-state index contributed by atoms with van der Waals surface area (Å²) < 4.78 is 0. The Morgan fingerprint density at radius 3 is 2.19 bits per heavy atom. The molecule has 0 radical (unpaired) electrons. The van der Waals surface area contributed by atoms with Crippen molar-refractivity contribution in [2.75, 3.05) is 6.54 Å². The molecule has 0 bridgehead atoms. The van der Waals surface area contributed by atoms with Crippen molar-refractivity contribution >= 4 is 11.7 Å². The summed E-state index contributed by atoms with van der Waals surface area (Å²) >= 11 is 0. The second-order valence-corrected chi connectivity index (χ2v) is 5.59. The minimum absolute atomic E-state index is 0.00461. The SMILES string of the molecule is CC(C)(C)C(=O)CNC(=O)C1(O)CCCC1. The molecule has 2 N–H and O–H groups in total. The minimum Gasteiger partial charge on any atom is -0.380 e. The molecular formula is C12H21NO3. The smallest absolute Gasteiger partial charge is 0.252 e. The van der Waals surface area contributed by atoms with Crippen LogP contribution in [0.25, 0.3) is 0 Å². The maximum absolute atomic E-state index is 11.7. The molecule has 0 aliphatic heterocycles. The molecule has 92 valence electrons. The van der Waals surface area contributed by atoms with E-state index in [4.69, 9.17) is 0 Å². The largest absolute Gasteiger partial charge is 0.380 e. The first-order valence-electron chi connectivity index (χ1n) is 5.80. The Labute approximate surface area is 96.4 Å². The van der Waals surface area contributed by atoms with E-state index >= 15 is 0 Å². The summed E-state index contributed by atoms with van der Waals surface area (Å²) in [5, 5.41) is 12.5. The van der Waals surface area contributed by atoms with Gasteiger partial charge >= 0.3 is 0 Å². The van der Waals surface area contributed by atoms with Gasteiger partial charge in [0.1, 0.15) is 5.60 Å². The number of ketones is 1. The van der Waals surface area contributed by atoms with Gasteiger partial charge in [0.15, 0.2) is 5.78 Å². The molecule has 1 aliphatic carbocycles. The van der Waals surface area contributed by atoms with Gasteiger partial charge in [-0.1, -0.05) is 20.8 Å². The van der Waals surface area contributed by atoms with Crippen LogP contribution in [-0.2, 0) is 9.59 Å². The highest BCUT2D eigenvalue weighted by Crippen LogP contribution is 2.29. The lowest BCUT2D eigenvalue weighted by molar-refractivity contribution is -0.141. The Morgan fingerprint density at radius 2 is 1.75 bits per heavy atom. The highest BCUT2D eigenvalue weighted by atomic mass is 16.3. The highest BCUT2D eigenvalue weighted by molar-refractivity contribution is 5.92. The van der Waals surface area contributed by atoms with E-state index < -0.39 is 16.9 Å². The van der Waals surface area contributed by atoms with Crippen LogP contribution in [0, 0.1) is 5.41 Å². The minimum atomic E-state index is -1.24. The molecule has 1 saturated carbocycles. The predicted molar refractivity (Wildman–Crippen MR) is 60.9 cm³/mol. The van der Waals surface area contributed by atoms with Gasteiger partial charge in [-0.15, -0.1) is 0 Å². The van der Waals surface area contributed by atoms with Crippen LogP contribution in [0.15, 0.2) is 0 Å². The van der Waals surface area contributed by atoms with Crippen molar-refractivity contribution in [3.05, 3.63) is 0 Å². The van der Waals surface area contributed by atoms with Crippen molar-refractivity contribution in [2.45, 2.75) is 52.1 Å². The molecular weight excluding hydrogens is 206 g/mol. The van der Waals surface area contributed by atoms with Gasteiger partial charge in [-0.05, 0) is 25.7 Å². The number of carbonyl (C=O) groups excluding carboxylic acids is 2. The van der Waals surface area contributed by atoms with E-state index in [0.29, 0.717) is 12.8 Å². The molecule has 1 aliphatic rings. The van der Waals surface area contributed by atoms with Crippen molar-refractivity contribution in [1.82, 2.24) is 5.32 Å². The van der Waals surface area contributed by atoms with Crippen LogP contribution in [0.2, 0.25) is 0 Å². The van der Waals surface area contributed by atoms with Crippen LogP contribution in [0.4, 0.5) is 0 Å². The zero-order valence-corrected chi connectivity index (χ0v) is 10.3. The van der Waals surface area contributed by atoms with Crippen LogP contribution in [0.1, 0.15) is 46.5 Å². The van der Waals surface area contributed by atoms with E-state index in [1.54, 1.807) is 0 Å². The summed E-state index contributed by atoms with van der Waals surface area (Å²) in [4.78, 5) is 23.3. The summed E-state index contributed by atoms with van der Waals surface area (Å²) in [6.45, 7) is 5.44. The van der Waals surface area contributed by atoms with Gasteiger partial charge in [0.2, 0.25) is 0 Å². The topological polar surface area (TPSA) is 66.4 Å². The van der Waals surface area contributed by atoms with E-state index in [1.807, 2.05) is 20.8 Å². The van der Waals surface area contributed by atoms with E-state index in [1.165, 1.54) is 0 Å². The average molecular weight is 227 g/mol. The number of amides is 1. The number of carbonyl (C=O) groups is 2. The Morgan fingerprint density at radius 1 is 1.25 bits per heavy atom. The van der Waals surface area contributed by atoms with Crippen molar-refractivity contribution in [3.8, 4) is 0 Å². The van der Waals surface area contributed by atoms with Crippen molar-refractivity contribution in [3.63, 3.8) is 0 Å². The molecule has 16 heavy (non-hydrogen) atoms. The van der Waals surface area contributed by atoms with Crippen LogP contribution < -0.4 is 5.32 Å². The Kier molecular flexibility index (Phi) is 3.73. The monoisotopic (exact) mass is 227 g/mol. The highest BCUT2D eigenvalue weighted by Gasteiger charge is 2.39. The van der Waals surface area contributed by atoms with Crippen LogP contribution in [0.3, 0.4) is 0 Å². The fraction of sp³-hybridized carbons (Fsp3) is 0.833. The van der Waals surface area contributed by atoms with Gasteiger partial charge in [-0.25, -0.2) is 0 Å². The molecule has 1 rings (SSSR count). The Balaban J connectivity index is 2.44. The van der Waals surface area contributed by atoms with Crippen molar-refractivity contribution in [1.29, 1.82) is 0 Å². The van der Waals surface area contributed by atoms with Gasteiger partial charge in [0.05, 0.1) is 6.54 Å². The summed E-state index contributed by atoms with van der Waals surface area (Å²) in [5.74, 6) is -0.426. The first-order valence-corrected chi connectivity index (χ1v) is 5.80. The lowest BCUT2D eigenvalue weighted by atomic mass is 9.90. The number of hydrogen-bond donors (Lipinski definition) is 2. The maximum Gasteiger partial charge on any atom is 0.252 e. The zero-order valence-electron chi connectivity index (χ0n) is 10.3. The molecule has 0 unspecified atom stereocenters. The normalized spacial score (nSPS) is 19.5. The third-order valence-electron chi connectivity index (χ3n) is 3.10. The third-order valence-corrected chi connectivity index (χ3v) is 3.10. The standard InChI is InChI=1S/C12H21NO3/c1-11(2,3)9(14)8-13-10(15)12(16)6-4-5-7-12/h16H,4-8H2,1-3H3,(H,13,15). The van der Waals surface area contributed by atoms with Crippen LogP contribution >= 0.6 is 0 Å². The quantitative estimate of drug-likeness (QED) is 0.756. The number of nitrogens with one attached hydrogen (secondary N) is 1. The number of Topliss-reactive ketones (excluding diaryl/α,β-unsaturated/α-hetero) is 1. The molecule has 0 aromatic rings. The predicted octanol–water partition coefficient (Wildman–Crippen LogP) is 1.02.